The van der Waals surface area contributed by atoms with Crippen LogP contribution in [0.2, 0.25) is 0 Å². The second-order valence-corrected chi connectivity index (χ2v) is 3.75. The van der Waals surface area contributed by atoms with Gasteiger partial charge in [-0.05, 0) is 12.1 Å². The van der Waals surface area contributed by atoms with E-state index < -0.39 is 23.2 Å². The molecule has 82 valence electrons. The van der Waals surface area contributed by atoms with Crippen molar-refractivity contribution < 1.29 is 13.6 Å². The lowest BCUT2D eigenvalue weighted by Gasteiger charge is -2.07. The maximum atomic E-state index is 13.2. The fourth-order valence-electron chi connectivity index (χ4n) is 0.995. The molecule has 0 saturated carbocycles. The summed E-state index contributed by atoms with van der Waals surface area (Å²) in [5.41, 5.74) is 4.68. The molecule has 6 heteroatoms. The standard InChI is InChI=1S/C9H9BrF2N2O/c10-5-3-6(11)9(7(12)4-5)14-8(15)1-2-13/h3-4H,1-2,13H2,(H,14,15). The molecule has 0 aromatic heterocycles. The lowest BCUT2D eigenvalue weighted by atomic mass is 10.2. The fraction of sp³-hybridized carbons (Fsp3) is 0.222. The molecule has 3 nitrogen and oxygen atoms in total. The lowest BCUT2D eigenvalue weighted by Crippen LogP contribution is -2.17. The lowest BCUT2D eigenvalue weighted by molar-refractivity contribution is -0.116. The summed E-state index contributed by atoms with van der Waals surface area (Å²) in [6.45, 7) is 0.131. The van der Waals surface area contributed by atoms with Crippen molar-refractivity contribution in [3.63, 3.8) is 0 Å². The molecule has 3 N–H and O–H groups in total. The van der Waals surface area contributed by atoms with E-state index in [9.17, 15) is 13.6 Å². The number of amides is 1. The Balaban J connectivity index is 2.90. The van der Waals surface area contributed by atoms with Crippen LogP contribution < -0.4 is 11.1 Å². The SMILES string of the molecule is NCCC(=O)Nc1c(F)cc(Br)cc1F. The van der Waals surface area contributed by atoms with Crippen molar-refractivity contribution in [3.8, 4) is 0 Å². The van der Waals surface area contributed by atoms with Crippen molar-refractivity contribution in [2.45, 2.75) is 6.42 Å². The zero-order valence-electron chi connectivity index (χ0n) is 7.69. The number of nitrogens with one attached hydrogen (secondary N) is 1. The first-order chi connectivity index (χ1) is 7.04. The van der Waals surface area contributed by atoms with Crippen molar-refractivity contribution in [2.24, 2.45) is 5.73 Å². The van der Waals surface area contributed by atoms with Gasteiger partial charge in [-0.3, -0.25) is 4.79 Å². The van der Waals surface area contributed by atoms with Gasteiger partial charge in [0, 0.05) is 17.4 Å². The summed E-state index contributed by atoms with van der Waals surface area (Å²) in [7, 11) is 0. The molecule has 0 spiro atoms. The van der Waals surface area contributed by atoms with E-state index in [0.717, 1.165) is 12.1 Å². The van der Waals surface area contributed by atoms with Crippen LogP contribution in [0.3, 0.4) is 0 Å². The average Bonchev–Trinajstić information content (AvgIpc) is 2.11. The Labute approximate surface area is 93.8 Å². The second kappa shape index (κ2) is 5.18. The van der Waals surface area contributed by atoms with Gasteiger partial charge in [-0.1, -0.05) is 15.9 Å². The Bertz CT molecular complexity index is 361. The molecular formula is C9H9BrF2N2O. The average molecular weight is 279 g/mol. The summed E-state index contributed by atoms with van der Waals surface area (Å²) >= 11 is 2.93. The normalized spacial score (nSPS) is 10.1. The fourth-order valence-corrected chi connectivity index (χ4v) is 1.40. The van der Waals surface area contributed by atoms with Gasteiger partial charge in [-0.25, -0.2) is 8.78 Å². The summed E-state index contributed by atoms with van der Waals surface area (Å²) in [6.07, 6.45) is 0.0228. The monoisotopic (exact) mass is 278 g/mol. The first kappa shape index (κ1) is 12.1. The number of anilines is 1. The van der Waals surface area contributed by atoms with E-state index in [1.807, 2.05) is 0 Å². The molecule has 0 aliphatic rings. The van der Waals surface area contributed by atoms with Gasteiger partial charge in [-0.2, -0.15) is 0 Å². The first-order valence-corrected chi connectivity index (χ1v) is 4.98. The minimum absolute atomic E-state index is 0.0228. The van der Waals surface area contributed by atoms with Gasteiger partial charge in [0.15, 0.2) is 11.6 Å². The van der Waals surface area contributed by atoms with Crippen molar-refractivity contribution in [1.82, 2.24) is 0 Å². The van der Waals surface area contributed by atoms with Crippen LogP contribution in [0.5, 0.6) is 0 Å². The van der Waals surface area contributed by atoms with Gasteiger partial charge < -0.3 is 11.1 Å². The smallest absolute Gasteiger partial charge is 0.225 e. The molecule has 0 saturated heterocycles. The molecule has 0 unspecified atom stereocenters. The van der Waals surface area contributed by atoms with Crippen LogP contribution in [-0.2, 0) is 4.79 Å². The van der Waals surface area contributed by atoms with E-state index in [1.54, 1.807) is 0 Å². The van der Waals surface area contributed by atoms with Gasteiger partial charge >= 0.3 is 0 Å². The molecule has 15 heavy (non-hydrogen) atoms. The predicted octanol–water partition coefficient (Wildman–Crippen LogP) is 2.01. The molecule has 0 atom stereocenters. The van der Waals surface area contributed by atoms with Gasteiger partial charge in [0.2, 0.25) is 5.91 Å². The molecule has 0 aliphatic heterocycles. The Hall–Kier alpha value is -1.01. The highest BCUT2D eigenvalue weighted by molar-refractivity contribution is 9.10. The summed E-state index contributed by atoms with van der Waals surface area (Å²) in [6, 6.07) is 2.14. The van der Waals surface area contributed by atoms with Crippen molar-refractivity contribution in [2.75, 3.05) is 11.9 Å². The Kier molecular flexibility index (Phi) is 4.16. The van der Waals surface area contributed by atoms with E-state index in [-0.39, 0.29) is 17.4 Å². The Morgan fingerprint density at radius 3 is 2.40 bits per heavy atom. The van der Waals surface area contributed by atoms with E-state index in [0.29, 0.717) is 0 Å². The van der Waals surface area contributed by atoms with Crippen LogP contribution in [0, 0.1) is 11.6 Å². The molecule has 0 bridgehead atoms. The molecule has 0 fully saturated rings. The van der Waals surface area contributed by atoms with Crippen LogP contribution in [0.4, 0.5) is 14.5 Å². The van der Waals surface area contributed by atoms with Crippen molar-refractivity contribution >= 4 is 27.5 Å². The van der Waals surface area contributed by atoms with E-state index >= 15 is 0 Å². The van der Waals surface area contributed by atoms with Crippen LogP contribution in [0.15, 0.2) is 16.6 Å². The summed E-state index contributed by atoms with van der Waals surface area (Å²) in [5.74, 6) is -2.17. The zero-order valence-corrected chi connectivity index (χ0v) is 9.27. The van der Waals surface area contributed by atoms with Crippen molar-refractivity contribution in [1.29, 1.82) is 0 Å². The summed E-state index contributed by atoms with van der Waals surface area (Å²) in [5, 5.41) is 2.12. The highest BCUT2D eigenvalue weighted by atomic mass is 79.9. The number of benzene rings is 1. The second-order valence-electron chi connectivity index (χ2n) is 2.83. The minimum Gasteiger partial charge on any atom is -0.330 e. The van der Waals surface area contributed by atoms with E-state index in [1.165, 1.54) is 0 Å². The van der Waals surface area contributed by atoms with Gasteiger partial charge in [0.05, 0.1) is 0 Å². The first-order valence-electron chi connectivity index (χ1n) is 4.19. The maximum Gasteiger partial charge on any atom is 0.225 e. The van der Waals surface area contributed by atoms with Crippen molar-refractivity contribution in [3.05, 3.63) is 28.2 Å². The number of rotatable bonds is 3. The number of carbonyl (C=O) groups is 1. The van der Waals surface area contributed by atoms with Gasteiger partial charge in [0.25, 0.3) is 0 Å². The highest BCUT2D eigenvalue weighted by Gasteiger charge is 2.12. The van der Waals surface area contributed by atoms with E-state index in [4.69, 9.17) is 5.73 Å². The molecule has 0 radical (unpaired) electrons. The molecule has 1 rings (SSSR count). The quantitative estimate of drug-likeness (QED) is 0.889. The number of halogens is 3. The predicted molar refractivity (Wildman–Crippen MR) is 56.4 cm³/mol. The number of hydrogen-bond donors (Lipinski definition) is 2. The maximum absolute atomic E-state index is 13.2. The molecule has 1 amide bonds. The summed E-state index contributed by atoms with van der Waals surface area (Å²) < 4.78 is 26.7. The molecule has 1 aromatic carbocycles. The Morgan fingerprint density at radius 2 is 1.93 bits per heavy atom. The molecule has 1 aromatic rings. The van der Waals surface area contributed by atoms with Gasteiger partial charge in [-0.15, -0.1) is 0 Å². The molecular weight excluding hydrogens is 270 g/mol. The largest absolute Gasteiger partial charge is 0.330 e. The van der Waals surface area contributed by atoms with Crippen LogP contribution in [0.1, 0.15) is 6.42 Å². The van der Waals surface area contributed by atoms with Gasteiger partial charge in [0.1, 0.15) is 5.69 Å². The topological polar surface area (TPSA) is 55.1 Å². The number of carbonyl (C=O) groups excluding carboxylic acids is 1. The minimum atomic E-state index is -0.827. The van der Waals surface area contributed by atoms with E-state index in [2.05, 4.69) is 21.2 Å². The summed E-state index contributed by atoms with van der Waals surface area (Å²) in [4.78, 5) is 11.1. The number of hydrogen-bond acceptors (Lipinski definition) is 2. The van der Waals surface area contributed by atoms with Crippen LogP contribution in [-0.4, -0.2) is 12.5 Å². The molecule has 0 heterocycles. The van der Waals surface area contributed by atoms with Crippen LogP contribution in [0.25, 0.3) is 0 Å². The zero-order chi connectivity index (χ0) is 11.4. The van der Waals surface area contributed by atoms with Crippen LogP contribution >= 0.6 is 15.9 Å². The third kappa shape index (κ3) is 3.24. The third-order valence-corrected chi connectivity index (χ3v) is 2.10. The molecule has 0 aliphatic carbocycles. The Morgan fingerprint density at radius 1 is 1.40 bits per heavy atom. The third-order valence-electron chi connectivity index (χ3n) is 1.64. The number of nitrogens with two attached hydrogens (primary N) is 1. The highest BCUT2D eigenvalue weighted by Crippen LogP contribution is 2.23.